The van der Waals surface area contributed by atoms with Crippen molar-refractivity contribution in [2.24, 2.45) is 0 Å². The van der Waals surface area contributed by atoms with Gasteiger partial charge in [-0.05, 0) is 34.7 Å². The van der Waals surface area contributed by atoms with Crippen molar-refractivity contribution < 1.29 is 8.42 Å². The van der Waals surface area contributed by atoms with E-state index in [1.54, 1.807) is 34.7 Å². The normalized spacial score (nSPS) is 15.8. The molecule has 0 saturated carbocycles. The van der Waals surface area contributed by atoms with Gasteiger partial charge in [0, 0.05) is 5.54 Å². The average molecular weight is 209 g/mol. The van der Waals surface area contributed by atoms with Gasteiger partial charge in [0.15, 0.2) is 0 Å². The fourth-order valence-electron chi connectivity index (χ4n) is 0.724. The Kier molecular flexibility index (Phi) is 4.31. The molecule has 3 N–H and O–H groups in total. The molecule has 0 heterocycles. The van der Waals surface area contributed by atoms with Crippen molar-refractivity contribution in [3.63, 3.8) is 0 Å². The predicted octanol–water partition coefficient (Wildman–Crippen LogP) is -0.226. The smallest absolute Gasteiger partial charge is 0.278 e. The van der Waals surface area contributed by atoms with Gasteiger partial charge in [-0.15, -0.1) is 0 Å². The summed E-state index contributed by atoms with van der Waals surface area (Å²) < 4.78 is 27.6. The molecule has 0 amide bonds. The van der Waals surface area contributed by atoms with Crippen molar-refractivity contribution in [3.05, 3.63) is 0 Å². The summed E-state index contributed by atoms with van der Waals surface area (Å²) in [6.45, 7) is 7.09. The summed E-state index contributed by atoms with van der Waals surface area (Å²) in [4.78, 5) is 0. The van der Waals surface area contributed by atoms with Crippen LogP contribution in [0, 0.1) is 0 Å². The van der Waals surface area contributed by atoms with Gasteiger partial charge in [-0.25, -0.2) is 0 Å². The minimum absolute atomic E-state index is 0.278. The van der Waals surface area contributed by atoms with E-state index < -0.39 is 15.7 Å². The first-order valence-corrected chi connectivity index (χ1v) is 5.63. The zero-order valence-corrected chi connectivity index (χ0v) is 9.62. The molecule has 0 fully saturated rings. The molecule has 0 aromatic heterocycles. The summed E-state index contributed by atoms with van der Waals surface area (Å²) >= 11 is 0. The highest BCUT2D eigenvalue weighted by Crippen LogP contribution is 2.00. The van der Waals surface area contributed by atoms with Crippen molar-refractivity contribution >= 4 is 10.2 Å². The molecule has 0 aliphatic rings. The minimum Gasteiger partial charge on any atom is -0.304 e. The van der Waals surface area contributed by atoms with Crippen LogP contribution >= 0.6 is 0 Å². The fraction of sp³-hybridized carbons (Fsp3) is 1.00. The monoisotopic (exact) mass is 209 g/mol. The van der Waals surface area contributed by atoms with E-state index in [-0.39, 0.29) is 6.17 Å². The molecule has 0 aromatic rings. The van der Waals surface area contributed by atoms with Gasteiger partial charge in [-0.3, -0.25) is 0 Å². The second-order valence-corrected chi connectivity index (χ2v) is 5.43. The Bertz CT molecular complexity index is 243. The Morgan fingerprint density at radius 3 is 2.00 bits per heavy atom. The first-order valence-electron chi connectivity index (χ1n) is 4.15. The van der Waals surface area contributed by atoms with Crippen LogP contribution in [0.5, 0.6) is 0 Å². The van der Waals surface area contributed by atoms with E-state index in [0.29, 0.717) is 0 Å². The summed E-state index contributed by atoms with van der Waals surface area (Å²) in [5, 5.41) is 2.78. The van der Waals surface area contributed by atoms with E-state index in [1.807, 2.05) is 0 Å². The van der Waals surface area contributed by atoms with Gasteiger partial charge in [0.2, 0.25) is 0 Å². The molecule has 13 heavy (non-hydrogen) atoms. The van der Waals surface area contributed by atoms with E-state index in [9.17, 15) is 8.42 Å². The molecule has 0 saturated heterocycles. The van der Waals surface area contributed by atoms with E-state index in [2.05, 4.69) is 14.8 Å². The summed E-state index contributed by atoms with van der Waals surface area (Å²) in [6.07, 6.45) is -0.278. The second-order valence-electron chi connectivity index (χ2n) is 3.98. The Morgan fingerprint density at radius 1 is 1.23 bits per heavy atom. The van der Waals surface area contributed by atoms with Crippen LogP contribution in [0.4, 0.5) is 0 Å². The highest BCUT2D eigenvalue weighted by atomic mass is 32.2. The van der Waals surface area contributed by atoms with E-state index in [0.717, 1.165) is 0 Å². The molecular formula is C7H19N3O2S. The fourth-order valence-corrected chi connectivity index (χ4v) is 2.17. The molecule has 0 aliphatic heterocycles. The molecule has 0 aromatic carbocycles. The molecule has 1 atom stereocenters. The lowest BCUT2D eigenvalue weighted by Gasteiger charge is -2.22. The second kappa shape index (κ2) is 4.36. The minimum atomic E-state index is -3.41. The van der Waals surface area contributed by atoms with Gasteiger partial charge in [0.05, 0.1) is 6.17 Å². The highest BCUT2D eigenvalue weighted by molar-refractivity contribution is 7.87. The molecule has 0 bridgehead atoms. The van der Waals surface area contributed by atoms with Crippen molar-refractivity contribution in [3.8, 4) is 0 Å². The molecule has 80 valence electrons. The number of nitrogens with one attached hydrogen (secondary N) is 3. The lowest BCUT2D eigenvalue weighted by atomic mass is 10.1. The van der Waals surface area contributed by atoms with Crippen LogP contribution in [0.1, 0.15) is 27.7 Å². The van der Waals surface area contributed by atoms with Crippen molar-refractivity contribution in [1.29, 1.82) is 0 Å². The molecule has 0 spiro atoms. The Morgan fingerprint density at radius 2 is 1.69 bits per heavy atom. The van der Waals surface area contributed by atoms with Crippen LogP contribution in [0.25, 0.3) is 0 Å². The largest absolute Gasteiger partial charge is 0.304 e. The third-order valence-electron chi connectivity index (χ3n) is 1.21. The number of rotatable bonds is 4. The highest BCUT2D eigenvalue weighted by Gasteiger charge is 2.20. The van der Waals surface area contributed by atoms with E-state index >= 15 is 0 Å². The summed E-state index contributed by atoms with van der Waals surface area (Å²) in [6, 6.07) is 0. The summed E-state index contributed by atoms with van der Waals surface area (Å²) in [7, 11) is -1.73. The van der Waals surface area contributed by atoms with Crippen LogP contribution in [0.3, 0.4) is 0 Å². The standard InChI is InChI=1S/C7H19N3O2S/c1-6(8-5)9-13(11,12)10-7(2,3)4/h6,8-10H,1-5H3. The maximum Gasteiger partial charge on any atom is 0.278 e. The molecule has 0 radical (unpaired) electrons. The topological polar surface area (TPSA) is 70.2 Å². The van der Waals surface area contributed by atoms with Crippen LogP contribution in [-0.2, 0) is 10.2 Å². The van der Waals surface area contributed by atoms with Gasteiger partial charge >= 0.3 is 0 Å². The van der Waals surface area contributed by atoms with Crippen molar-refractivity contribution in [1.82, 2.24) is 14.8 Å². The van der Waals surface area contributed by atoms with Gasteiger partial charge in [-0.1, -0.05) is 0 Å². The first-order chi connectivity index (χ1) is 5.66. The van der Waals surface area contributed by atoms with Crippen molar-refractivity contribution in [2.75, 3.05) is 7.05 Å². The van der Waals surface area contributed by atoms with Crippen LogP contribution in [-0.4, -0.2) is 27.2 Å². The van der Waals surface area contributed by atoms with E-state index in [4.69, 9.17) is 0 Å². The SMILES string of the molecule is CNC(C)NS(=O)(=O)NC(C)(C)C. The molecule has 5 nitrogen and oxygen atoms in total. The zero-order valence-electron chi connectivity index (χ0n) is 8.80. The molecular weight excluding hydrogens is 190 g/mol. The zero-order chi connectivity index (χ0) is 10.7. The van der Waals surface area contributed by atoms with Crippen molar-refractivity contribution in [2.45, 2.75) is 39.4 Å². The molecule has 1 unspecified atom stereocenters. The molecule has 6 heteroatoms. The third-order valence-corrected chi connectivity index (χ3v) is 2.75. The Balaban J connectivity index is 4.27. The third kappa shape index (κ3) is 6.94. The maximum atomic E-state index is 11.4. The van der Waals surface area contributed by atoms with Gasteiger partial charge in [-0.2, -0.15) is 17.9 Å². The Labute approximate surface area is 80.5 Å². The summed E-state index contributed by atoms with van der Waals surface area (Å²) in [5.74, 6) is 0. The van der Waals surface area contributed by atoms with E-state index in [1.165, 1.54) is 0 Å². The van der Waals surface area contributed by atoms with Gasteiger partial charge < -0.3 is 5.32 Å². The predicted molar refractivity (Wildman–Crippen MR) is 53.5 cm³/mol. The van der Waals surface area contributed by atoms with Crippen LogP contribution in [0.15, 0.2) is 0 Å². The first kappa shape index (κ1) is 12.8. The number of hydrogen-bond donors (Lipinski definition) is 3. The van der Waals surface area contributed by atoms with Crippen LogP contribution in [0.2, 0.25) is 0 Å². The quantitative estimate of drug-likeness (QED) is 0.560. The average Bonchev–Trinajstić information content (AvgIpc) is 1.80. The van der Waals surface area contributed by atoms with Gasteiger partial charge in [0.1, 0.15) is 0 Å². The van der Waals surface area contributed by atoms with Gasteiger partial charge in [0.25, 0.3) is 10.2 Å². The molecule has 0 rings (SSSR count). The molecule has 0 aliphatic carbocycles. The van der Waals surface area contributed by atoms with Crippen LogP contribution < -0.4 is 14.8 Å². The lowest BCUT2D eigenvalue weighted by molar-refractivity contribution is 0.469. The maximum absolute atomic E-state index is 11.4. The summed E-state index contributed by atoms with van der Waals surface area (Å²) in [5.41, 5.74) is -0.459. The lowest BCUT2D eigenvalue weighted by Crippen LogP contribution is -2.52. The number of hydrogen-bond acceptors (Lipinski definition) is 3. The Hall–Kier alpha value is -0.170.